The van der Waals surface area contributed by atoms with Gasteiger partial charge in [-0.1, -0.05) is 6.07 Å². The number of hydrogen-bond acceptors (Lipinski definition) is 6. The summed E-state index contributed by atoms with van der Waals surface area (Å²) in [7, 11) is 1.54. The van der Waals surface area contributed by atoms with Crippen molar-refractivity contribution in [1.29, 1.82) is 0 Å². The van der Waals surface area contributed by atoms with E-state index < -0.39 is 0 Å². The lowest BCUT2D eigenvalue weighted by atomic mass is 9.88. The molecule has 0 saturated carbocycles. The van der Waals surface area contributed by atoms with Gasteiger partial charge in [-0.2, -0.15) is 0 Å². The number of benzene rings is 2. The number of aryl methyl sites for hydroxylation is 1. The maximum atomic E-state index is 12.5. The molecule has 0 saturated heterocycles. The van der Waals surface area contributed by atoms with Gasteiger partial charge in [0, 0.05) is 30.9 Å². The predicted molar refractivity (Wildman–Crippen MR) is 117 cm³/mol. The average Bonchev–Trinajstić information content (AvgIpc) is 2.80. The van der Waals surface area contributed by atoms with Gasteiger partial charge in [0.25, 0.3) is 11.8 Å². The second-order valence-corrected chi connectivity index (χ2v) is 7.61. The number of nitrogens with one attached hydrogen (secondary N) is 2. The third-order valence-electron chi connectivity index (χ3n) is 5.41. The Bertz CT molecular complexity index is 1180. The Morgan fingerprint density at radius 3 is 2.56 bits per heavy atom. The van der Waals surface area contributed by atoms with Crippen LogP contribution in [-0.4, -0.2) is 40.1 Å². The molecule has 0 radical (unpaired) electrons. The Labute approximate surface area is 184 Å². The fourth-order valence-electron chi connectivity index (χ4n) is 3.72. The van der Waals surface area contributed by atoms with Crippen LogP contribution in [0.2, 0.25) is 0 Å². The molecule has 1 aliphatic rings. The molecule has 1 unspecified atom stereocenters. The zero-order valence-corrected chi connectivity index (χ0v) is 17.5. The number of carbonyl (C=O) groups is 2. The second-order valence-electron chi connectivity index (χ2n) is 7.61. The van der Waals surface area contributed by atoms with Crippen molar-refractivity contribution in [2.24, 2.45) is 0 Å². The van der Waals surface area contributed by atoms with Gasteiger partial charge < -0.3 is 25.6 Å². The van der Waals surface area contributed by atoms with Gasteiger partial charge in [0.15, 0.2) is 11.5 Å². The summed E-state index contributed by atoms with van der Waals surface area (Å²) in [5.41, 5.74) is 2.83. The molecule has 1 heterocycles. The van der Waals surface area contributed by atoms with Crippen LogP contribution >= 0.6 is 0 Å². The lowest BCUT2D eigenvalue weighted by Gasteiger charge is -2.26. The Morgan fingerprint density at radius 2 is 1.78 bits per heavy atom. The number of pyridine rings is 1. The van der Waals surface area contributed by atoms with Crippen molar-refractivity contribution < 1.29 is 24.5 Å². The molecule has 164 valence electrons. The smallest absolute Gasteiger partial charge is 0.269 e. The molecule has 4 rings (SSSR count). The van der Waals surface area contributed by atoms with Crippen LogP contribution in [0.25, 0.3) is 0 Å². The van der Waals surface area contributed by atoms with Crippen LogP contribution in [0.3, 0.4) is 0 Å². The van der Waals surface area contributed by atoms with Crippen LogP contribution in [-0.2, 0) is 12.8 Å². The van der Waals surface area contributed by atoms with Crippen molar-refractivity contribution in [3.05, 3.63) is 77.1 Å². The normalized spacial score (nSPS) is 14.8. The summed E-state index contributed by atoms with van der Waals surface area (Å²) in [5.74, 6) is -0.0536. The molecule has 4 N–H and O–H groups in total. The lowest BCUT2D eigenvalue weighted by molar-refractivity contribution is 0.0930. The quantitative estimate of drug-likeness (QED) is 0.459. The molecule has 8 heteroatoms. The highest BCUT2D eigenvalue weighted by atomic mass is 16.5. The van der Waals surface area contributed by atoms with Crippen LogP contribution in [0, 0.1) is 0 Å². The molecule has 2 aromatic carbocycles. The highest BCUT2D eigenvalue weighted by Crippen LogP contribution is 2.29. The van der Waals surface area contributed by atoms with Crippen LogP contribution in [0.5, 0.6) is 23.0 Å². The van der Waals surface area contributed by atoms with Crippen LogP contribution < -0.4 is 15.4 Å². The molecule has 32 heavy (non-hydrogen) atoms. The second kappa shape index (κ2) is 8.97. The van der Waals surface area contributed by atoms with Gasteiger partial charge in [0.1, 0.15) is 17.2 Å². The van der Waals surface area contributed by atoms with Crippen LogP contribution in [0.15, 0.2) is 54.7 Å². The lowest BCUT2D eigenvalue weighted by Crippen LogP contribution is -2.38. The molecule has 1 aromatic heterocycles. The fraction of sp³-hybridized carbons (Fsp3) is 0.208. The van der Waals surface area contributed by atoms with E-state index in [1.165, 1.54) is 30.0 Å². The molecule has 2 amide bonds. The first kappa shape index (κ1) is 21.2. The summed E-state index contributed by atoms with van der Waals surface area (Å²) in [4.78, 5) is 28.4. The number of hydrogen-bond donors (Lipinski definition) is 4. The van der Waals surface area contributed by atoms with Crippen molar-refractivity contribution >= 4 is 11.8 Å². The largest absolute Gasteiger partial charge is 0.504 e. The molecule has 1 atom stereocenters. The van der Waals surface area contributed by atoms with E-state index in [0.29, 0.717) is 17.9 Å². The standard InChI is InChI=1S/C24H23N3O5/c1-25-24(31)20-13-19(8-9-26-20)32-18-6-3-14-2-5-17(10-16(14)11-18)27-23(30)15-4-7-21(28)22(29)12-15/h3-4,6-9,11-13,17,28-29H,2,5,10H2,1H3,(H,25,31)(H,27,30). The fourth-order valence-corrected chi connectivity index (χ4v) is 3.72. The van der Waals surface area contributed by atoms with Crippen molar-refractivity contribution in [2.75, 3.05) is 7.05 Å². The number of aromatic hydroxyl groups is 2. The minimum Gasteiger partial charge on any atom is -0.504 e. The van der Waals surface area contributed by atoms with Gasteiger partial charge >= 0.3 is 0 Å². The molecule has 3 aromatic rings. The molecule has 1 aliphatic carbocycles. The third-order valence-corrected chi connectivity index (χ3v) is 5.41. The van der Waals surface area contributed by atoms with Gasteiger partial charge in [-0.3, -0.25) is 14.6 Å². The zero-order valence-electron chi connectivity index (χ0n) is 17.5. The topological polar surface area (TPSA) is 121 Å². The van der Waals surface area contributed by atoms with Crippen LogP contribution in [0.4, 0.5) is 0 Å². The number of phenolic OH excluding ortho intramolecular Hbond substituents is 2. The minimum absolute atomic E-state index is 0.0676. The van der Waals surface area contributed by atoms with Gasteiger partial charge in [-0.25, -0.2) is 0 Å². The summed E-state index contributed by atoms with van der Waals surface area (Å²) in [5, 5.41) is 24.6. The monoisotopic (exact) mass is 433 g/mol. The van der Waals surface area contributed by atoms with E-state index in [-0.39, 0.29) is 40.6 Å². The van der Waals surface area contributed by atoms with Gasteiger partial charge in [-0.15, -0.1) is 0 Å². The molecular weight excluding hydrogens is 410 g/mol. The zero-order chi connectivity index (χ0) is 22.7. The number of rotatable bonds is 5. The Morgan fingerprint density at radius 1 is 0.969 bits per heavy atom. The number of phenols is 2. The summed E-state index contributed by atoms with van der Waals surface area (Å²) < 4.78 is 5.93. The first-order chi connectivity index (χ1) is 15.4. The van der Waals surface area contributed by atoms with Crippen LogP contribution in [0.1, 0.15) is 38.4 Å². The van der Waals surface area contributed by atoms with Crippen molar-refractivity contribution in [1.82, 2.24) is 15.6 Å². The van der Waals surface area contributed by atoms with E-state index >= 15 is 0 Å². The Kier molecular flexibility index (Phi) is 5.93. The van der Waals surface area contributed by atoms with Crippen molar-refractivity contribution in [2.45, 2.75) is 25.3 Å². The molecule has 8 nitrogen and oxygen atoms in total. The maximum absolute atomic E-state index is 12.5. The Hall–Kier alpha value is -4.07. The molecule has 0 aliphatic heterocycles. The first-order valence-corrected chi connectivity index (χ1v) is 10.2. The maximum Gasteiger partial charge on any atom is 0.269 e. The number of fused-ring (bicyclic) bond motifs is 1. The number of ether oxygens (including phenoxy) is 1. The number of nitrogens with zero attached hydrogens (tertiary/aromatic N) is 1. The molecule has 0 bridgehead atoms. The van der Waals surface area contributed by atoms with Gasteiger partial charge in [0.2, 0.25) is 0 Å². The predicted octanol–water partition coefficient (Wildman–Crippen LogP) is 2.93. The molecule has 0 fully saturated rings. The minimum atomic E-state index is -0.330. The van der Waals surface area contributed by atoms with E-state index in [1.807, 2.05) is 18.2 Å². The Balaban J connectivity index is 1.45. The van der Waals surface area contributed by atoms with Crippen molar-refractivity contribution in [3.63, 3.8) is 0 Å². The van der Waals surface area contributed by atoms with E-state index in [9.17, 15) is 19.8 Å². The number of amides is 2. The SMILES string of the molecule is CNC(=O)c1cc(Oc2ccc3c(c2)CC(NC(=O)c2ccc(O)c(O)c2)CC3)ccn1. The van der Waals surface area contributed by atoms with E-state index in [1.54, 1.807) is 19.2 Å². The van der Waals surface area contributed by atoms with Gasteiger partial charge in [-0.05, 0) is 66.8 Å². The molecular formula is C24H23N3O5. The molecule has 0 spiro atoms. The first-order valence-electron chi connectivity index (χ1n) is 10.2. The summed E-state index contributed by atoms with van der Waals surface area (Å²) >= 11 is 0. The highest BCUT2D eigenvalue weighted by molar-refractivity contribution is 5.95. The van der Waals surface area contributed by atoms with E-state index in [0.717, 1.165) is 18.4 Å². The highest BCUT2D eigenvalue weighted by Gasteiger charge is 2.22. The van der Waals surface area contributed by atoms with Crippen molar-refractivity contribution in [3.8, 4) is 23.0 Å². The van der Waals surface area contributed by atoms with E-state index in [4.69, 9.17) is 4.74 Å². The number of aromatic nitrogens is 1. The number of carbonyl (C=O) groups excluding carboxylic acids is 2. The third kappa shape index (κ3) is 4.64. The average molecular weight is 433 g/mol. The summed E-state index contributed by atoms with van der Waals surface area (Å²) in [6, 6.07) is 13.0. The van der Waals surface area contributed by atoms with Gasteiger partial charge in [0.05, 0.1) is 0 Å². The summed E-state index contributed by atoms with van der Waals surface area (Å²) in [6.07, 6.45) is 3.77. The summed E-state index contributed by atoms with van der Waals surface area (Å²) in [6.45, 7) is 0. The van der Waals surface area contributed by atoms with E-state index in [2.05, 4.69) is 15.6 Å².